The average Bonchev–Trinajstić information content (AvgIpc) is 2.49. The molecule has 0 radical (unpaired) electrons. The van der Waals surface area contributed by atoms with Crippen molar-refractivity contribution >= 4 is 0 Å². The van der Waals surface area contributed by atoms with Gasteiger partial charge in [-0.2, -0.15) is 0 Å². The SMILES string of the molecule is CCCNC(CCN(C)C(CC)CC)c1ccccc1. The number of nitrogens with zero attached hydrogens (tertiary/aromatic N) is 1. The fourth-order valence-electron chi connectivity index (χ4n) is 2.82. The molecule has 0 bridgehead atoms. The summed E-state index contributed by atoms with van der Waals surface area (Å²) in [6.45, 7) is 9.05. The molecule has 1 aromatic carbocycles. The molecular formula is C18H32N2. The predicted molar refractivity (Wildman–Crippen MR) is 89.1 cm³/mol. The van der Waals surface area contributed by atoms with E-state index in [0.717, 1.165) is 19.1 Å². The zero-order valence-electron chi connectivity index (χ0n) is 13.7. The van der Waals surface area contributed by atoms with Crippen LogP contribution in [0.2, 0.25) is 0 Å². The number of rotatable bonds is 10. The smallest absolute Gasteiger partial charge is 0.0332 e. The van der Waals surface area contributed by atoms with Gasteiger partial charge in [0.15, 0.2) is 0 Å². The van der Waals surface area contributed by atoms with Gasteiger partial charge in [0.05, 0.1) is 0 Å². The van der Waals surface area contributed by atoms with Gasteiger partial charge in [-0.05, 0) is 51.4 Å². The minimum Gasteiger partial charge on any atom is -0.310 e. The van der Waals surface area contributed by atoms with E-state index in [4.69, 9.17) is 0 Å². The summed E-state index contributed by atoms with van der Waals surface area (Å²) < 4.78 is 0. The van der Waals surface area contributed by atoms with E-state index >= 15 is 0 Å². The lowest BCUT2D eigenvalue weighted by atomic mass is 10.0. The summed E-state index contributed by atoms with van der Waals surface area (Å²) in [5, 5.41) is 3.69. The Morgan fingerprint density at radius 1 is 1.05 bits per heavy atom. The van der Waals surface area contributed by atoms with Gasteiger partial charge in [0.1, 0.15) is 0 Å². The van der Waals surface area contributed by atoms with Crippen LogP contribution < -0.4 is 5.32 Å². The molecule has 0 aliphatic rings. The average molecular weight is 276 g/mol. The molecule has 0 aromatic heterocycles. The highest BCUT2D eigenvalue weighted by atomic mass is 15.1. The maximum Gasteiger partial charge on any atom is 0.0332 e. The zero-order valence-corrected chi connectivity index (χ0v) is 13.7. The van der Waals surface area contributed by atoms with Crippen molar-refractivity contribution in [3.05, 3.63) is 35.9 Å². The molecule has 2 heteroatoms. The largest absolute Gasteiger partial charge is 0.310 e. The Morgan fingerprint density at radius 3 is 2.25 bits per heavy atom. The number of hydrogen-bond acceptors (Lipinski definition) is 2. The fraction of sp³-hybridized carbons (Fsp3) is 0.667. The second-order valence-corrected chi connectivity index (χ2v) is 5.66. The molecule has 1 rings (SSSR count). The van der Waals surface area contributed by atoms with Crippen LogP contribution in [0.5, 0.6) is 0 Å². The van der Waals surface area contributed by atoms with Crippen LogP contribution in [-0.2, 0) is 0 Å². The highest BCUT2D eigenvalue weighted by Gasteiger charge is 2.14. The third-order valence-electron chi connectivity index (χ3n) is 4.18. The van der Waals surface area contributed by atoms with E-state index in [1.807, 2.05) is 0 Å². The summed E-state index contributed by atoms with van der Waals surface area (Å²) in [7, 11) is 2.26. The van der Waals surface area contributed by atoms with Gasteiger partial charge >= 0.3 is 0 Å². The summed E-state index contributed by atoms with van der Waals surface area (Å²) in [6, 6.07) is 12.1. The van der Waals surface area contributed by atoms with Gasteiger partial charge < -0.3 is 10.2 Å². The molecule has 0 heterocycles. The minimum absolute atomic E-state index is 0.480. The molecule has 20 heavy (non-hydrogen) atoms. The summed E-state index contributed by atoms with van der Waals surface area (Å²) in [5.41, 5.74) is 1.42. The van der Waals surface area contributed by atoms with Crippen molar-refractivity contribution in [2.24, 2.45) is 0 Å². The van der Waals surface area contributed by atoms with E-state index in [0.29, 0.717) is 6.04 Å². The lowest BCUT2D eigenvalue weighted by Gasteiger charge is -2.28. The van der Waals surface area contributed by atoms with Crippen molar-refractivity contribution in [2.45, 2.75) is 58.5 Å². The molecule has 114 valence electrons. The van der Waals surface area contributed by atoms with Gasteiger partial charge in [-0.1, -0.05) is 51.1 Å². The number of nitrogens with one attached hydrogen (secondary N) is 1. The molecule has 0 spiro atoms. The predicted octanol–water partition coefficient (Wildman–Crippen LogP) is 4.24. The Morgan fingerprint density at radius 2 is 1.70 bits per heavy atom. The maximum absolute atomic E-state index is 3.69. The topological polar surface area (TPSA) is 15.3 Å². The van der Waals surface area contributed by atoms with E-state index in [1.54, 1.807) is 0 Å². The molecule has 0 fully saturated rings. The van der Waals surface area contributed by atoms with Gasteiger partial charge in [-0.3, -0.25) is 0 Å². The van der Waals surface area contributed by atoms with Crippen LogP contribution in [0.4, 0.5) is 0 Å². The lowest BCUT2D eigenvalue weighted by Crippen LogP contribution is -2.34. The van der Waals surface area contributed by atoms with Crippen LogP contribution in [-0.4, -0.2) is 31.1 Å². The summed E-state index contributed by atoms with van der Waals surface area (Å²) in [6.07, 6.45) is 4.85. The minimum atomic E-state index is 0.480. The molecule has 0 aliphatic heterocycles. The number of benzene rings is 1. The molecule has 0 saturated heterocycles. The van der Waals surface area contributed by atoms with Crippen molar-refractivity contribution in [3.63, 3.8) is 0 Å². The Hall–Kier alpha value is -0.860. The van der Waals surface area contributed by atoms with Crippen molar-refractivity contribution in [3.8, 4) is 0 Å². The van der Waals surface area contributed by atoms with Crippen molar-refractivity contribution < 1.29 is 0 Å². The Kier molecular flexibility index (Phi) is 8.56. The normalized spacial score (nSPS) is 13.1. The molecular weight excluding hydrogens is 244 g/mol. The van der Waals surface area contributed by atoms with Crippen molar-refractivity contribution in [2.75, 3.05) is 20.1 Å². The zero-order chi connectivity index (χ0) is 14.8. The van der Waals surface area contributed by atoms with Gasteiger partial charge in [-0.25, -0.2) is 0 Å². The van der Waals surface area contributed by atoms with E-state index in [9.17, 15) is 0 Å². The van der Waals surface area contributed by atoms with Crippen LogP contribution >= 0.6 is 0 Å². The Balaban J connectivity index is 2.57. The van der Waals surface area contributed by atoms with Crippen LogP contribution in [0.15, 0.2) is 30.3 Å². The van der Waals surface area contributed by atoms with Gasteiger partial charge in [-0.15, -0.1) is 0 Å². The first kappa shape index (κ1) is 17.2. The summed E-state index contributed by atoms with van der Waals surface area (Å²) in [4.78, 5) is 2.52. The van der Waals surface area contributed by atoms with Crippen LogP contribution in [0.3, 0.4) is 0 Å². The fourth-order valence-corrected chi connectivity index (χ4v) is 2.82. The van der Waals surface area contributed by atoms with E-state index in [-0.39, 0.29) is 0 Å². The van der Waals surface area contributed by atoms with Gasteiger partial charge in [0, 0.05) is 12.1 Å². The first-order valence-corrected chi connectivity index (χ1v) is 8.21. The van der Waals surface area contributed by atoms with E-state index in [1.165, 1.54) is 31.2 Å². The van der Waals surface area contributed by atoms with Gasteiger partial charge in [0.25, 0.3) is 0 Å². The lowest BCUT2D eigenvalue weighted by molar-refractivity contribution is 0.217. The molecule has 1 atom stereocenters. The Labute approximate surface area is 125 Å². The van der Waals surface area contributed by atoms with Gasteiger partial charge in [0.2, 0.25) is 0 Å². The van der Waals surface area contributed by atoms with Crippen molar-refractivity contribution in [1.29, 1.82) is 0 Å². The third-order valence-corrected chi connectivity index (χ3v) is 4.18. The van der Waals surface area contributed by atoms with Crippen molar-refractivity contribution in [1.82, 2.24) is 10.2 Å². The molecule has 2 nitrogen and oxygen atoms in total. The standard InChI is InChI=1S/C18H32N2/c1-5-14-19-18(16-11-9-8-10-12-16)13-15-20(4)17(6-2)7-3/h8-12,17-19H,5-7,13-15H2,1-4H3. The van der Waals surface area contributed by atoms with Crippen LogP contribution in [0.25, 0.3) is 0 Å². The molecule has 1 unspecified atom stereocenters. The molecule has 0 aliphatic carbocycles. The third kappa shape index (κ3) is 5.64. The second kappa shape index (κ2) is 9.95. The van der Waals surface area contributed by atoms with E-state index < -0.39 is 0 Å². The maximum atomic E-state index is 3.69. The second-order valence-electron chi connectivity index (χ2n) is 5.66. The number of hydrogen-bond donors (Lipinski definition) is 1. The van der Waals surface area contributed by atoms with Crippen LogP contribution in [0, 0.1) is 0 Å². The first-order chi connectivity index (χ1) is 9.72. The molecule has 1 N–H and O–H groups in total. The monoisotopic (exact) mass is 276 g/mol. The quantitative estimate of drug-likeness (QED) is 0.687. The summed E-state index contributed by atoms with van der Waals surface area (Å²) >= 11 is 0. The Bertz CT molecular complexity index is 333. The van der Waals surface area contributed by atoms with Crippen LogP contribution in [0.1, 0.15) is 58.1 Å². The first-order valence-electron chi connectivity index (χ1n) is 8.21. The molecule has 1 aromatic rings. The van der Waals surface area contributed by atoms with E-state index in [2.05, 4.69) is 68.4 Å². The highest BCUT2D eigenvalue weighted by Crippen LogP contribution is 2.18. The molecule has 0 amide bonds. The highest BCUT2D eigenvalue weighted by molar-refractivity contribution is 5.18. The summed E-state index contributed by atoms with van der Waals surface area (Å²) in [5.74, 6) is 0. The molecule has 0 saturated carbocycles.